The van der Waals surface area contributed by atoms with E-state index in [2.05, 4.69) is 33.2 Å². The molecule has 180 valence electrons. The van der Waals surface area contributed by atoms with Gasteiger partial charge in [-0.3, -0.25) is 4.98 Å². The Morgan fingerprint density at radius 3 is 2.79 bits per heavy atom. The molecule has 2 aromatic heterocycles. The minimum atomic E-state index is -0.630. The van der Waals surface area contributed by atoms with Crippen LogP contribution in [0.3, 0.4) is 0 Å². The first-order valence-corrected chi connectivity index (χ1v) is 11.9. The molecule has 5 rings (SSSR count). The third-order valence-corrected chi connectivity index (χ3v) is 6.83. The maximum absolute atomic E-state index is 11.0. The molecule has 3 aromatic rings. The molecule has 0 bridgehead atoms. The summed E-state index contributed by atoms with van der Waals surface area (Å²) in [5.74, 6) is 2.24. The van der Waals surface area contributed by atoms with E-state index < -0.39 is 6.10 Å². The first-order valence-electron chi connectivity index (χ1n) is 11.9. The van der Waals surface area contributed by atoms with E-state index in [1.54, 1.807) is 19.4 Å². The molecule has 34 heavy (non-hydrogen) atoms. The summed E-state index contributed by atoms with van der Waals surface area (Å²) in [5, 5.41) is 14.7. The van der Waals surface area contributed by atoms with Crippen LogP contribution in [0.1, 0.15) is 35.6 Å². The lowest BCUT2D eigenvalue weighted by atomic mass is 10.0. The Bertz CT molecular complexity index is 1150. The molecule has 8 nitrogen and oxygen atoms in total. The molecule has 2 aliphatic rings. The number of rotatable bonds is 7. The highest BCUT2D eigenvalue weighted by Crippen LogP contribution is 2.35. The summed E-state index contributed by atoms with van der Waals surface area (Å²) in [6, 6.07) is 10.1. The van der Waals surface area contributed by atoms with Crippen LogP contribution in [0, 0.1) is 6.92 Å². The lowest BCUT2D eigenvalue weighted by molar-refractivity contribution is 0.0947. The number of hydrogen-bond donors (Lipinski definition) is 2. The highest BCUT2D eigenvalue weighted by molar-refractivity contribution is 5.78. The third kappa shape index (κ3) is 4.80. The first kappa shape index (κ1) is 22.8. The fourth-order valence-corrected chi connectivity index (χ4v) is 4.81. The van der Waals surface area contributed by atoms with Gasteiger partial charge in [0, 0.05) is 37.0 Å². The van der Waals surface area contributed by atoms with E-state index in [0.717, 1.165) is 60.6 Å². The van der Waals surface area contributed by atoms with Crippen molar-refractivity contribution in [2.75, 3.05) is 40.0 Å². The summed E-state index contributed by atoms with van der Waals surface area (Å²) in [4.78, 5) is 11.2. The lowest BCUT2D eigenvalue weighted by Gasteiger charge is -2.34. The molecule has 1 fully saturated rings. The molecule has 1 aromatic carbocycles. The molecular weight excluding hydrogens is 432 g/mol. The van der Waals surface area contributed by atoms with Crippen molar-refractivity contribution < 1.29 is 19.3 Å². The van der Waals surface area contributed by atoms with Crippen molar-refractivity contribution in [1.29, 1.82) is 0 Å². The largest absolute Gasteiger partial charge is 0.486 e. The number of ether oxygens (including phenoxy) is 3. The van der Waals surface area contributed by atoms with E-state index in [-0.39, 0.29) is 0 Å². The molecule has 0 spiro atoms. The summed E-state index contributed by atoms with van der Waals surface area (Å²) < 4.78 is 16.8. The fourth-order valence-electron chi connectivity index (χ4n) is 4.81. The number of nitrogens with one attached hydrogen (secondary N) is 1. The van der Waals surface area contributed by atoms with E-state index in [4.69, 9.17) is 14.2 Å². The van der Waals surface area contributed by atoms with Gasteiger partial charge >= 0.3 is 0 Å². The summed E-state index contributed by atoms with van der Waals surface area (Å²) >= 11 is 0. The molecule has 2 N–H and O–H groups in total. The number of aromatic nitrogens is 2. The summed E-state index contributed by atoms with van der Waals surface area (Å²) in [6.07, 6.45) is 3.18. The second-order valence-electron chi connectivity index (χ2n) is 8.97. The predicted molar refractivity (Wildman–Crippen MR) is 130 cm³/mol. The van der Waals surface area contributed by atoms with Gasteiger partial charge in [0.1, 0.15) is 13.2 Å². The minimum absolute atomic E-state index is 0.452. The highest BCUT2D eigenvalue weighted by atomic mass is 16.6. The molecule has 1 atom stereocenters. The third-order valence-electron chi connectivity index (χ3n) is 6.83. The van der Waals surface area contributed by atoms with Gasteiger partial charge in [-0.1, -0.05) is 6.07 Å². The molecular formula is C26H32N4O4. The normalized spacial score (nSPS) is 17.6. The second-order valence-corrected chi connectivity index (χ2v) is 8.97. The van der Waals surface area contributed by atoms with Gasteiger partial charge < -0.3 is 29.5 Å². The molecule has 0 amide bonds. The Hall–Kier alpha value is -2.94. The van der Waals surface area contributed by atoms with Gasteiger partial charge in [0.15, 0.2) is 11.5 Å². The molecule has 1 saturated heterocycles. The van der Waals surface area contributed by atoms with Crippen molar-refractivity contribution in [2.24, 2.45) is 0 Å². The molecule has 0 radical (unpaired) electrons. The van der Waals surface area contributed by atoms with E-state index in [1.807, 2.05) is 18.2 Å². The van der Waals surface area contributed by atoms with E-state index >= 15 is 0 Å². The average Bonchev–Trinajstić information content (AvgIpc) is 2.88. The van der Waals surface area contributed by atoms with Crippen molar-refractivity contribution in [3.8, 4) is 17.4 Å². The van der Waals surface area contributed by atoms with Gasteiger partial charge in [-0.25, -0.2) is 4.98 Å². The summed E-state index contributed by atoms with van der Waals surface area (Å²) in [6.45, 7) is 6.58. The number of methoxy groups -OCH3 is 1. The van der Waals surface area contributed by atoms with Crippen molar-refractivity contribution in [2.45, 2.75) is 38.5 Å². The van der Waals surface area contributed by atoms with Crippen LogP contribution in [-0.4, -0.2) is 66.0 Å². The monoisotopic (exact) mass is 464 g/mol. The molecule has 8 heteroatoms. The number of hydrogen-bond acceptors (Lipinski definition) is 8. The van der Waals surface area contributed by atoms with E-state index in [0.29, 0.717) is 37.2 Å². The van der Waals surface area contributed by atoms with Gasteiger partial charge in [-0.05, 0) is 62.2 Å². The number of β-amino-alcohol motifs (C(OH)–C–C–N with tert-alkyl or cyclic N) is 1. The van der Waals surface area contributed by atoms with Crippen LogP contribution < -0.4 is 19.5 Å². The summed E-state index contributed by atoms with van der Waals surface area (Å²) in [7, 11) is 1.59. The number of aliphatic hydroxyl groups excluding tert-OH is 1. The van der Waals surface area contributed by atoms with Crippen LogP contribution in [0.2, 0.25) is 0 Å². The van der Waals surface area contributed by atoms with E-state index in [1.165, 1.54) is 5.56 Å². The zero-order valence-corrected chi connectivity index (χ0v) is 19.8. The van der Waals surface area contributed by atoms with Crippen molar-refractivity contribution in [3.63, 3.8) is 0 Å². The number of fused-ring (bicyclic) bond motifs is 2. The second kappa shape index (κ2) is 10.1. The van der Waals surface area contributed by atoms with Crippen LogP contribution in [0.5, 0.6) is 17.4 Å². The van der Waals surface area contributed by atoms with Gasteiger partial charge in [-0.15, -0.1) is 0 Å². The molecule has 4 heterocycles. The Kier molecular flexibility index (Phi) is 6.80. The Labute approximate surface area is 199 Å². The van der Waals surface area contributed by atoms with Crippen molar-refractivity contribution in [1.82, 2.24) is 20.2 Å². The van der Waals surface area contributed by atoms with Gasteiger partial charge in [0.05, 0.1) is 24.2 Å². The molecule has 2 aliphatic heterocycles. The van der Waals surface area contributed by atoms with E-state index in [9.17, 15) is 5.11 Å². The minimum Gasteiger partial charge on any atom is -0.486 e. The zero-order chi connectivity index (χ0) is 23.5. The van der Waals surface area contributed by atoms with Crippen LogP contribution in [0.4, 0.5) is 0 Å². The number of likely N-dealkylation sites (tertiary alicyclic amines) is 1. The SMILES string of the molecule is COc1ccc2nccc([C@H](O)CN3CCC(NCc4ccc5c(c4C)OCCO5)CC3)c2n1. The van der Waals surface area contributed by atoms with Crippen molar-refractivity contribution >= 4 is 11.0 Å². The number of nitrogens with zero attached hydrogens (tertiary/aromatic N) is 3. The lowest BCUT2D eigenvalue weighted by Crippen LogP contribution is -2.43. The van der Waals surface area contributed by atoms with Gasteiger partial charge in [-0.2, -0.15) is 0 Å². The number of aliphatic hydroxyl groups is 1. The smallest absolute Gasteiger partial charge is 0.213 e. The van der Waals surface area contributed by atoms with Crippen LogP contribution in [0.25, 0.3) is 11.0 Å². The Balaban J connectivity index is 1.15. The number of pyridine rings is 2. The first-order chi connectivity index (χ1) is 16.6. The fraction of sp³-hybridized carbons (Fsp3) is 0.462. The highest BCUT2D eigenvalue weighted by Gasteiger charge is 2.23. The summed E-state index contributed by atoms with van der Waals surface area (Å²) in [5.41, 5.74) is 4.64. The van der Waals surface area contributed by atoms with Crippen molar-refractivity contribution in [3.05, 3.63) is 53.2 Å². The topological polar surface area (TPSA) is 89.0 Å². The van der Waals surface area contributed by atoms with Gasteiger partial charge in [0.25, 0.3) is 0 Å². The van der Waals surface area contributed by atoms with Gasteiger partial charge in [0.2, 0.25) is 5.88 Å². The zero-order valence-electron chi connectivity index (χ0n) is 19.8. The predicted octanol–water partition coefficient (Wildman–Crippen LogP) is 3.01. The maximum atomic E-state index is 11.0. The Morgan fingerprint density at radius 2 is 1.97 bits per heavy atom. The molecule has 0 unspecified atom stereocenters. The van der Waals surface area contributed by atoms with Crippen LogP contribution in [0.15, 0.2) is 36.5 Å². The quantitative estimate of drug-likeness (QED) is 0.552. The van der Waals surface area contributed by atoms with Crippen LogP contribution in [-0.2, 0) is 6.54 Å². The standard InChI is InChI=1S/C26H32N4O4/c1-17-18(3-5-23-26(17)34-14-13-33-23)15-28-19-8-11-30(12-9-19)16-22(31)20-7-10-27-21-4-6-24(32-2)29-25(20)21/h3-7,10,19,22,28,31H,8-9,11-16H2,1-2H3/t22-/m1/s1. The number of benzene rings is 1. The molecule has 0 aliphatic carbocycles. The number of piperidine rings is 1. The van der Waals surface area contributed by atoms with Crippen LogP contribution >= 0.6 is 0 Å². The average molecular weight is 465 g/mol. The maximum Gasteiger partial charge on any atom is 0.213 e. The molecule has 0 saturated carbocycles. The Morgan fingerprint density at radius 1 is 1.15 bits per heavy atom.